The predicted molar refractivity (Wildman–Crippen MR) is 64.2 cm³/mol. The molecule has 3 nitrogen and oxygen atoms in total. The largest absolute Gasteiger partial charge is 0.381 e. The van der Waals surface area contributed by atoms with Crippen molar-refractivity contribution in [1.29, 1.82) is 0 Å². The molecule has 0 spiro atoms. The van der Waals surface area contributed by atoms with E-state index in [9.17, 15) is 4.79 Å². The summed E-state index contributed by atoms with van der Waals surface area (Å²) in [7, 11) is 0. The van der Waals surface area contributed by atoms with Crippen molar-refractivity contribution in [2.24, 2.45) is 5.92 Å². The molecule has 0 aromatic heterocycles. The molecule has 1 aliphatic rings. The monoisotopic (exact) mass is 277 g/mol. The first kappa shape index (κ1) is 13.0. The van der Waals surface area contributed by atoms with Crippen LogP contribution in [-0.2, 0) is 9.53 Å². The molecule has 1 rings (SSSR count). The Bertz CT molecular complexity index is 205. The van der Waals surface area contributed by atoms with Crippen molar-refractivity contribution in [3.05, 3.63) is 0 Å². The van der Waals surface area contributed by atoms with Gasteiger partial charge in [0.25, 0.3) is 0 Å². The standard InChI is InChI=1S/C11H20BrNO2/c1-3-10(12)11(14)13-8(2)9-4-6-15-7-5-9/h8-10H,3-7H2,1-2H3,(H,13,14). The Kier molecular flexibility index (Phi) is 5.61. The van der Waals surface area contributed by atoms with Crippen LogP contribution in [0.5, 0.6) is 0 Å². The van der Waals surface area contributed by atoms with Crippen LogP contribution in [0.3, 0.4) is 0 Å². The molecule has 0 aromatic rings. The molecule has 2 atom stereocenters. The lowest BCUT2D eigenvalue weighted by molar-refractivity contribution is -0.121. The maximum Gasteiger partial charge on any atom is 0.233 e. The van der Waals surface area contributed by atoms with Crippen molar-refractivity contribution in [3.63, 3.8) is 0 Å². The molecular formula is C11H20BrNO2. The molecule has 4 heteroatoms. The molecule has 88 valence electrons. The van der Waals surface area contributed by atoms with Crippen LogP contribution in [0.15, 0.2) is 0 Å². The van der Waals surface area contributed by atoms with Crippen LogP contribution in [0.2, 0.25) is 0 Å². The van der Waals surface area contributed by atoms with Gasteiger partial charge >= 0.3 is 0 Å². The third-order valence-electron chi connectivity index (χ3n) is 2.99. The Morgan fingerprint density at radius 2 is 2.13 bits per heavy atom. The molecule has 15 heavy (non-hydrogen) atoms. The van der Waals surface area contributed by atoms with Crippen LogP contribution in [0.4, 0.5) is 0 Å². The van der Waals surface area contributed by atoms with Crippen LogP contribution in [0.25, 0.3) is 0 Å². The van der Waals surface area contributed by atoms with Crippen molar-refractivity contribution in [3.8, 4) is 0 Å². The molecule has 2 unspecified atom stereocenters. The quantitative estimate of drug-likeness (QED) is 0.800. The summed E-state index contributed by atoms with van der Waals surface area (Å²) in [6.45, 7) is 5.74. The summed E-state index contributed by atoms with van der Waals surface area (Å²) in [5, 5.41) is 3.06. The molecule has 0 saturated carbocycles. The van der Waals surface area contributed by atoms with Crippen LogP contribution >= 0.6 is 15.9 Å². The smallest absolute Gasteiger partial charge is 0.233 e. The molecule has 0 radical (unpaired) electrons. The zero-order chi connectivity index (χ0) is 11.3. The predicted octanol–water partition coefficient (Wildman–Crippen LogP) is 2.09. The molecule has 1 fully saturated rings. The number of alkyl halides is 1. The number of carbonyl (C=O) groups excluding carboxylic acids is 1. The molecule has 1 aliphatic heterocycles. The van der Waals surface area contributed by atoms with Gasteiger partial charge in [0, 0.05) is 19.3 Å². The first-order valence-electron chi connectivity index (χ1n) is 5.67. The Balaban J connectivity index is 2.33. The first-order chi connectivity index (χ1) is 7.15. The van der Waals surface area contributed by atoms with E-state index in [1.165, 1.54) is 0 Å². The summed E-state index contributed by atoms with van der Waals surface area (Å²) in [6, 6.07) is 0.257. The van der Waals surface area contributed by atoms with E-state index in [1.807, 2.05) is 6.92 Å². The highest BCUT2D eigenvalue weighted by atomic mass is 79.9. The zero-order valence-electron chi connectivity index (χ0n) is 9.46. The van der Waals surface area contributed by atoms with E-state index < -0.39 is 0 Å². The second-order valence-corrected chi connectivity index (χ2v) is 5.23. The number of hydrogen-bond donors (Lipinski definition) is 1. The Morgan fingerprint density at radius 1 is 1.53 bits per heavy atom. The van der Waals surface area contributed by atoms with Gasteiger partial charge in [-0.3, -0.25) is 4.79 Å². The fraction of sp³-hybridized carbons (Fsp3) is 0.909. The maximum absolute atomic E-state index is 11.6. The minimum Gasteiger partial charge on any atom is -0.381 e. The van der Waals surface area contributed by atoms with Gasteiger partial charge in [0.2, 0.25) is 5.91 Å². The first-order valence-corrected chi connectivity index (χ1v) is 6.59. The van der Waals surface area contributed by atoms with Gasteiger partial charge in [0.05, 0.1) is 4.83 Å². The number of ether oxygens (including phenoxy) is 1. The molecule has 1 saturated heterocycles. The summed E-state index contributed by atoms with van der Waals surface area (Å²) >= 11 is 3.36. The molecule has 1 amide bonds. The van der Waals surface area contributed by atoms with Crippen LogP contribution < -0.4 is 5.32 Å². The minimum absolute atomic E-state index is 0.0557. The van der Waals surface area contributed by atoms with Crippen LogP contribution in [-0.4, -0.2) is 30.0 Å². The third kappa shape index (κ3) is 4.11. The van der Waals surface area contributed by atoms with Gasteiger partial charge in [-0.05, 0) is 32.1 Å². The van der Waals surface area contributed by atoms with Crippen molar-refractivity contribution in [2.45, 2.75) is 44.0 Å². The second kappa shape index (κ2) is 6.48. The highest BCUT2D eigenvalue weighted by Crippen LogP contribution is 2.19. The van der Waals surface area contributed by atoms with E-state index in [0.717, 1.165) is 32.5 Å². The highest BCUT2D eigenvalue weighted by Gasteiger charge is 2.23. The molecule has 0 aliphatic carbocycles. The number of nitrogens with one attached hydrogen (secondary N) is 1. The lowest BCUT2D eigenvalue weighted by atomic mass is 9.93. The summed E-state index contributed by atoms with van der Waals surface area (Å²) in [4.78, 5) is 11.6. The summed E-state index contributed by atoms with van der Waals surface area (Å²) in [5.41, 5.74) is 0. The Labute approximate surface area is 100 Å². The van der Waals surface area contributed by atoms with Crippen molar-refractivity contribution >= 4 is 21.8 Å². The van der Waals surface area contributed by atoms with E-state index in [0.29, 0.717) is 5.92 Å². The maximum atomic E-state index is 11.6. The molecule has 0 bridgehead atoms. The fourth-order valence-corrected chi connectivity index (χ4v) is 1.97. The number of halogens is 1. The normalized spacial score (nSPS) is 22.1. The summed E-state index contributed by atoms with van der Waals surface area (Å²) in [6.07, 6.45) is 2.94. The van der Waals surface area contributed by atoms with E-state index in [2.05, 4.69) is 28.2 Å². The van der Waals surface area contributed by atoms with E-state index >= 15 is 0 Å². The van der Waals surface area contributed by atoms with Gasteiger partial charge < -0.3 is 10.1 Å². The average molecular weight is 278 g/mol. The van der Waals surface area contributed by atoms with Gasteiger partial charge in [-0.1, -0.05) is 22.9 Å². The highest BCUT2D eigenvalue weighted by molar-refractivity contribution is 9.10. The van der Waals surface area contributed by atoms with Crippen molar-refractivity contribution < 1.29 is 9.53 Å². The van der Waals surface area contributed by atoms with Crippen LogP contribution in [0.1, 0.15) is 33.1 Å². The SMILES string of the molecule is CCC(Br)C(=O)NC(C)C1CCOCC1. The van der Waals surface area contributed by atoms with Gasteiger partial charge in [0.1, 0.15) is 0 Å². The van der Waals surface area contributed by atoms with Gasteiger partial charge in [-0.15, -0.1) is 0 Å². The molecule has 1 N–H and O–H groups in total. The summed E-state index contributed by atoms with van der Waals surface area (Å²) < 4.78 is 5.30. The lowest BCUT2D eigenvalue weighted by Crippen LogP contribution is -2.43. The number of hydrogen-bond acceptors (Lipinski definition) is 2. The fourth-order valence-electron chi connectivity index (χ4n) is 1.83. The topological polar surface area (TPSA) is 38.3 Å². The van der Waals surface area contributed by atoms with Gasteiger partial charge in [-0.2, -0.15) is 0 Å². The Hall–Kier alpha value is -0.0900. The van der Waals surface area contributed by atoms with Crippen LogP contribution in [0, 0.1) is 5.92 Å². The van der Waals surface area contributed by atoms with E-state index in [-0.39, 0.29) is 16.8 Å². The minimum atomic E-state index is -0.0557. The number of amides is 1. The average Bonchev–Trinajstić information content (AvgIpc) is 2.29. The number of rotatable bonds is 4. The summed E-state index contributed by atoms with van der Waals surface area (Å²) in [5.74, 6) is 0.677. The second-order valence-electron chi connectivity index (χ2n) is 4.12. The van der Waals surface area contributed by atoms with E-state index in [4.69, 9.17) is 4.74 Å². The Morgan fingerprint density at radius 3 is 2.67 bits per heavy atom. The van der Waals surface area contributed by atoms with Gasteiger partial charge in [0.15, 0.2) is 0 Å². The molecular weight excluding hydrogens is 258 g/mol. The van der Waals surface area contributed by atoms with Crippen molar-refractivity contribution in [2.75, 3.05) is 13.2 Å². The van der Waals surface area contributed by atoms with Crippen molar-refractivity contribution in [1.82, 2.24) is 5.32 Å². The molecule has 0 aromatic carbocycles. The number of carbonyl (C=O) groups is 1. The third-order valence-corrected chi connectivity index (χ3v) is 4.05. The lowest BCUT2D eigenvalue weighted by Gasteiger charge is -2.28. The van der Waals surface area contributed by atoms with E-state index in [1.54, 1.807) is 0 Å². The molecule has 1 heterocycles. The zero-order valence-corrected chi connectivity index (χ0v) is 11.0. The van der Waals surface area contributed by atoms with Gasteiger partial charge in [-0.25, -0.2) is 0 Å².